The molecule has 1 aliphatic heterocycles. The summed E-state index contributed by atoms with van der Waals surface area (Å²) in [5.74, 6) is 3.04. The molecule has 1 saturated heterocycles. The summed E-state index contributed by atoms with van der Waals surface area (Å²) in [5, 5.41) is 5.44. The molecule has 0 aliphatic carbocycles. The van der Waals surface area contributed by atoms with Crippen LogP contribution in [-0.2, 0) is 6.54 Å². The molecule has 3 rings (SSSR count). The van der Waals surface area contributed by atoms with Crippen LogP contribution in [0.4, 0.5) is 0 Å². The van der Waals surface area contributed by atoms with Gasteiger partial charge in [0.25, 0.3) is 0 Å². The highest BCUT2D eigenvalue weighted by Gasteiger charge is 2.24. The van der Waals surface area contributed by atoms with E-state index in [1.165, 1.54) is 6.42 Å². The monoisotopic (exact) mass is 332 g/mol. The Morgan fingerprint density at radius 2 is 2.22 bits per heavy atom. The number of guanidine groups is 1. The number of nitrogens with one attached hydrogen (secondary N) is 1. The summed E-state index contributed by atoms with van der Waals surface area (Å²) in [6.45, 7) is 7.36. The lowest BCUT2D eigenvalue weighted by molar-refractivity contribution is 0.208. The zero-order valence-corrected chi connectivity index (χ0v) is 14.8. The van der Waals surface area contributed by atoms with Crippen LogP contribution in [0.25, 0.3) is 10.8 Å². The van der Waals surface area contributed by atoms with Crippen molar-refractivity contribution in [2.75, 3.05) is 20.1 Å². The summed E-state index contributed by atoms with van der Waals surface area (Å²) >= 11 is 1.63. The summed E-state index contributed by atoms with van der Waals surface area (Å²) in [6, 6.07) is 4.02. The topological polar surface area (TPSA) is 53.7 Å². The van der Waals surface area contributed by atoms with E-state index in [9.17, 15) is 0 Å². The van der Waals surface area contributed by atoms with Crippen LogP contribution < -0.4 is 5.32 Å². The van der Waals surface area contributed by atoms with Crippen molar-refractivity contribution in [2.45, 2.75) is 26.8 Å². The molecule has 3 heterocycles. The van der Waals surface area contributed by atoms with E-state index in [2.05, 4.69) is 34.0 Å². The van der Waals surface area contributed by atoms with Crippen LogP contribution in [-0.4, -0.2) is 36.0 Å². The molecular formula is C17H24N4OS. The molecule has 1 aliphatic rings. The van der Waals surface area contributed by atoms with Gasteiger partial charge in [-0.3, -0.25) is 4.99 Å². The van der Waals surface area contributed by atoms with E-state index in [-0.39, 0.29) is 0 Å². The van der Waals surface area contributed by atoms with Crippen LogP contribution in [0.1, 0.15) is 26.0 Å². The van der Waals surface area contributed by atoms with Crippen molar-refractivity contribution in [1.29, 1.82) is 0 Å². The van der Waals surface area contributed by atoms with Gasteiger partial charge in [0.15, 0.2) is 5.96 Å². The van der Waals surface area contributed by atoms with Gasteiger partial charge in [-0.05, 0) is 29.7 Å². The molecule has 124 valence electrons. The third-order valence-corrected chi connectivity index (χ3v) is 4.95. The van der Waals surface area contributed by atoms with Gasteiger partial charge in [0.05, 0.1) is 17.1 Å². The molecule has 23 heavy (non-hydrogen) atoms. The fourth-order valence-electron chi connectivity index (χ4n) is 3.24. The lowest BCUT2D eigenvalue weighted by Crippen LogP contribution is -2.48. The second-order valence-corrected chi connectivity index (χ2v) is 7.32. The molecule has 0 radical (unpaired) electrons. The van der Waals surface area contributed by atoms with E-state index < -0.39 is 0 Å². The molecule has 1 fully saturated rings. The Labute approximate surface area is 141 Å². The van der Waals surface area contributed by atoms with Crippen molar-refractivity contribution in [3.63, 3.8) is 0 Å². The molecule has 2 aromatic rings. The number of nitrogens with zero attached hydrogens (tertiary/aromatic N) is 3. The van der Waals surface area contributed by atoms with Gasteiger partial charge in [0.2, 0.25) is 5.89 Å². The van der Waals surface area contributed by atoms with Gasteiger partial charge < -0.3 is 14.6 Å². The number of thiophene rings is 1. The molecule has 1 N–H and O–H groups in total. The number of rotatable bonds is 3. The van der Waals surface area contributed by atoms with Crippen molar-refractivity contribution < 1.29 is 4.42 Å². The maximum absolute atomic E-state index is 5.56. The molecule has 2 atom stereocenters. The minimum absolute atomic E-state index is 0.626. The summed E-state index contributed by atoms with van der Waals surface area (Å²) in [6.07, 6.45) is 3.01. The Morgan fingerprint density at radius 3 is 2.87 bits per heavy atom. The summed E-state index contributed by atoms with van der Waals surface area (Å²) in [4.78, 5) is 12.4. The normalized spacial score (nSPS) is 22.4. The van der Waals surface area contributed by atoms with Gasteiger partial charge in [0.1, 0.15) is 6.26 Å². The number of aliphatic imine (C=N–C) groups is 1. The van der Waals surface area contributed by atoms with E-state index >= 15 is 0 Å². The van der Waals surface area contributed by atoms with Crippen molar-refractivity contribution in [1.82, 2.24) is 15.2 Å². The van der Waals surface area contributed by atoms with Crippen LogP contribution in [0, 0.1) is 11.8 Å². The van der Waals surface area contributed by atoms with E-state index in [0.717, 1.165) is 29.6 Å². The fraction of sp³-hybridized carbons (Fsp3) is 0.529. The standard InChI is InChI=1S/C17H24N4OS/c1-12-7-13(2)10-21(9-12)17(18-3)19-8-14-11-22-16(20-14)15-5-4-6-23-15/h4-6,11-13H,7-10H2,1-3H3,(H,18,19). The van der Waals surface area contributed by atoms with Gasteiger partial charge in [-0.15, -0.1) is 11.3 Å². The number of piperidine rings is 1. The highest BCUT2D eigenvalue weighted by molar-refractivity contribution is 7.13. The van der Waals surface area contributed by atoms with Gasteiger partial charge in [-0.2, -0.15) is 0 Å². The molecule has 0 aromatic carbocycles. The summed E-state index contributed by atoms with van der Waals surface area (Å²) < 4.78 is 5.56. The third-order valence-electron chi connectivity index (χ3n) is 4.09. The van der Waals surface area contributed by atoms with Crippen molar-refractivity contribution in [3.8, 4) is 10.8 Å². The Hall–Kier alpha value is -1.82. The number of hydrogen-bond donors (Lipinski definition) is 1. The molecule has 0 amide bonds. The van der Waals surface area contributed by atoms with Crippen LogP contribution in [0.2, 0.25) is 0 Å². The first-order valence-corrected chi connectivity index (χ1v) is 8.97. The number of oxazole rings is 1. The Bertz CT molecular complexity index is 639. The first-order chi connectivity index (χ1) is 11.2. The number of aromatic nitrogens is 1. The number of hydrogen-bond acceptors (Lipinski definition) is 4. The number of likely N-dealkylation sites (tertiary alicyclic amines) is 1. The largest absolute Gasteiger partial charge is 0.443 e. The quantitative estimate of drug-likeness (QED) is 0.691. The van der Waals surface area contributed by atoms with Gasteiger partial charge >= 0.3 is 0 Å². The highest BCUT2D eigenvalue weighted by Crippen LogP contribution is 2.24. The van der Waals surface area contributed by atoms with Crippen molar-refractivity contribution in [2.24, 2.45) is 16.8 Å². The first kappa shape index (κ1) is 16.1. The molecule has 0 spiro atoms. The molecule has 2 unspecified atom stereocenters. The van der Waals surface area contributed by atoms with Crippen LogP contribution in [0.3, 0.4) is 0 Å². The average molecular weight is 332 g/mol. The van der Waals surface area contributed by atoms with Crippen molar-refractivity contribution in [3.05, 3.63) is 29.5 Å². The smallest absolute Gasteiger partial charge is 0.236 e. The molecule has 0 saturated carbocycles. The average Bonchev–Trinajstić information content (AvgIpc) is 3.18. The summed E-state index contributed by atoms with van der Waals surface area (Å²) in [7, 11) is 1.84. The zero-order valence-electron chi connectivity index (χ0n) is 14.0. The van der Waals surface area contributed by atoms with Crippen molar-refractivity contribution >= 4 is 17.3 Å². The SMILES string of the molecule is CN=C(NCc1coc(-c2cccs2)n1)N1CC(C)CC(C)C1. The van der Waals surface area contributed by atoms with Crippen LogP contribution in [0.5, 0.6) is 0 Å². The molecular weight excluding hydrogens is 308 g/mol. The van der Waals surface area contributed by atoms with Crippen LogP contribution >= 0.6 is 11.3 Å². The van der Waals surface area contributed by atoms with E-state index in [1.807, 2.05) is 24.6 Å². The Morgan fingerprint density at radius 1 is 1.43 bits per heavy atom. The van der Waals surface area contributed by atoms with Crippen LogP contribution in [0.15, 0.2) is 33.2 Å². The maximum atomic E-state index is 5.56. The first-order valence-electron chi connectivity index (χ1n) is 8.09. The second-order valence-electron chi connectivity index (χ2n) is 6.37. The van der Waals surface area contributed by atoms with Gasteiger partial charge in [-0.25, -0.2) is 4.98 Å². The van der Waals surface area contributed by atoms with E-state index in [1.54, 1.807) is 17.6 Å². The molecule has 2 aromatic heterocycles. The molecule has 0 bridgehead atoms. The lowest BCUT2D eigenvalue weighted by atomic mass is 9.92. The molecule has 5 nitrogen and oxygen atoms in total. The zero-order chi connectivity index (χ0) is 16.2. The highest BCUT2D eigenvalue weighted by atomic mass is 32.1. The lowest BCUT2D eigenvalue weighted by Gasteiger charge is -2.37. The second kappa shape index (κ2) is 7.17. The third kappa shape index (κ3) is 3.93. The Kier molecular flexibility index (Phi) is 5.00. The fourth-order valence-corrected chi connectivity index (χ4v) is 3.89. The minimum atomic E-state index is 0.626. The van der Waals surface area contributed by atoms with Gasteiger partial charge in [-0.1, -0.05) is 19.9 Å². The predicted octanol–water partition coefficient (Wildman–Crippen LogP) is 3.46. The predicted molar refractivity (Wildman–Crippen MR) is 94.5 cm³/mol. The van der Waals surface area contributed by atoms with Gasteiger partial charge in [0, 0.05) is 20.1 Å². The minimum Gasteiger partial charge on any atom is -0.443 e. The molecule has 6 heteroatoms. The maximum Gasteiger partial charge on any atom is 0.236 e. The summed E-state index contributed by atoms with van der Waals surface area (Å²) in [5.41, 5.74) is 0.896. The Balaban J connectivity index is 1.60. The van der Waals surface area contributed by atoms with E-state index in [4.69, 9.17) is 4.42 Å². The van der Waals surface area contributed by atoms with E-state index in [0.29, 0.717) is 24.3 Å².